The van der Waals surface area contributed by atoms with Crippen LogP contribution in [-0.4, -0.2) is 100 Å². The van der Waals surface area contributed by atoms with Crippen LogP contribution in [0.15, 0.2) is 12.2 Å². The molecule has 0 unspecified atom stereocenters. The average Bonchev–Trinajstić information content (AvgIpc) is 3.54. The summed E-state index contributed by atoms with van der Waals surface area (Å²) in [6, 6.07) is 0. The number of ether oxygens (including phenoxy) is 7. The van der Waals surface area contributed by atoms with Crippen molar-refractivity contribution >= 4 is 17.7 Å². The van der Waals surface area contributed by atoms with Gasteiger partial charge < -0.3 is 43.4 Å². The van der Waals surface area contributed by atoms with E-state index in [1.54, 1.807) is 6.92 Å². The first-order valence-electron chi connectivity index (χ1n) is 22.5. The van der Waals surface area contributed by atoms with Crippen LogP contribution in [0, 0.1) is 53.8 Å². The van der Waals surface area contributed by atoms with E-state index in [9.17, 15) is 24.6 Å². The summed E-state index contributed by atoms with van der Waals surface area (Å²) in [5, 5.41) is 23.0. The fourth-order valence-corrected chi connectivity index (χ4v) is 11.0. The highest BCUT2D eigenvalue weighted by atomic mass is 16.8. The molecule has 5 rings (SSSR count). The molecule has 334 valence electrons. The molecule has 5 heterocycles. The summed E-state index contributed by atoms with van der Waals surface area (Å²) in [5.41, 5.74) is -1.71. The lowest BCUT2D eigenvalue weighted by Gasteiger charge is -2.54. The number of aliphatic hydroxyl groups excluding tert-OH is 1. The zero-order valence-corrected chi connectivity index (χ0v) is 37.6. The van der Waals surface area contributed by atoms with Crippen LogP contribution in [0.1, 0.15) is 140 Å². The normalized spacial score (nSPS) is 42.3. The van der Waals surface area contributed by atoms with Crippen molar-refractivity contribution in [2.24, 2.45) is 41.4 Å². The van der Waals surface area contributed by atoms with Crippen molar-refractivity contribution in [3.05, 3.63) is 12.2 Å². The molecule has 59 heavy (non-hydrogen) atoms. The predicted molar refractivity (Wildman–Crippen MR) is 220 cm³/mol. The molecule has 0 amide bonds. The van der Waals surface area contributed by atoms with E-state index >= 15 is 0 Å². The summed E-state index contributed by atoms with van der Waals surface area (Å²) >= 11 is 0. The fourth-order valence-electron chi connectivity index (χ4n) is 11.0. The number of ketones is 1. The third kappa shape index (κ3) is 9.52. The number of hydrogen-bond acceptors (Lipinski definition) is 12. The number of terminal acetylenes is 1. The maximum absolute atomic E-state index is 14.6. The Morgan fingerprint density at radius 2 is 1.63 bits per heavy atom. The van der Waals surface area contributed by atoms with Gasteiger partial charge >= 0.3 is 11.9 Å². The van der Waals surface area contributed by atoms with Gasteiger partial charge in [-0.15, -0.1) is 6.42 Å². The van der Waals surface area contributed by atoms with E-state index < -0.39 is 70.7 Å². The van der Waals surface area contributed by atoms with Crippen LogP contribution < -0.4 is 0 Å². The van der Waals surface area contributed by atoms with E-state index in [1.165, 1.54) is 6.92 Å². The number of hydrogen-bond donors (Lipinski definition) is 2. The summed E-state index contributed by atoms with van der Waals surface area (Å²) in [6.45, 7) is 21.0. The largest absolute Gasteiger partial charge is 0.453 e. The summed E-state index contributed by atoms with van der Waals surface area (Å²) in [4.78, 5) is 39.9. The Morgan fingerprint density at radius 3 is 2.24 bits per heavy atom. The lowest BCUT2D eigenvalue weighted by atomic mass is 9.72. The molecule has 12 nitrogen and oxygen atoms in total. The molecule has 0 bridgehead atoms. The van der Waals surface area contributed by atoms with Gasteiger partial charge in [0, 0.05) is 37.0 Å². The molecule has 0 aromatic carbocycles. The molecule has 0 aromatic heterocycles. The first kappa shape index (κ1) is 47.7. The van der Waals surface area contributed by atoms with Gasteiger partial charge in [-0.2, -0.15) is 0 Å². The number of rotatable bonds is 14. The summed E-state index contributed by atoms with van der Waals surface area (Å²) in [5.74, 6) is -3.48. The van der Waals surface area contributed by atoms with Crippen LogP contribution in [0.2, 0.25) is 0 Å². The zero-order chi connectivity index (χ0) is 43.7. The van der Waals surface area contributed by atoms with Crippen LogP contribution in [-0.2, 0) is 47.5 Å². The minimum Gasteiger partial charge on any atom is -0.453 e. The summed E-state index contributed by atoms with van der Waals surface area (Å²) in [7, 11) is 0. The average molecular weight is 831 g/mol. The van der Waals surface area contributed by atoms with Crippen LogP contribution in [0.5, 0.6) is 0 Å². The topological polar surface area (TPSA) is 156 Å². The Kier molecular flexibility index (Phi) is 15.3. The smallest absolute Gasteiger partial charge is 0.312 e. The minimum absolute atomic E-state index is 0.0164. The summed E-state index contributed by atoms with van der Waals surface area (Å²) in [6.07, 6.45) is 11.0. The molecule has 4 fully saturated rings. The lowest BCUT2D eigenvalue weighted by molar-refractivity contribution is -0.409. The summed E-state index contributed by atoms with van der Waals surface area (Å²) < 4.78 is 45.3. The fraction of sp³-hybridized carbons (Fsp3) is 0.851. The zero-order valence-electron chi connectivity index (χ0n) is 37.6. The van der Waals surface area contributed by atoms with Crippen molar-refractivity contribution in [3.8, 4) is 12.3 Å². The molecule has 5 aliphatic heterocycles. The highest BCUT2D eigenvalue weighted by Crippen LogP contribution is 2.54. The molecule has 2 spiro atoms. The molecular weight excluding hydrogens is 757 g/mol. The van der Waals surface area contributed by atoms with E-state index in [2.05, 4.69) is 26.7 Å². The Labute approximate surface area is 353 Å². The lowest BCUT2D eigenvalue weighted by Crippen LogP contribution is -2.63. The minimum atomic E-state index is -1.38. The molecule has 12 heteroatoms. The monoisotopic (exact) mass is 831 g/mol. The van der Waals surface area contributed by atoms with Gasteiger partial charge in [0.2, 0.25) is 5.79 Å². The van der Waals surface area contributed by atoms with Crippen LogP contribution >= 0.6 is 0 Å². The maximum Gasteiger partial charge on any atom is 0.312 e. The highest BCUT2D eigenvalue weighted by Gasteiger charge is 2.64. The molecule has 0 aromatic rings. The van der Waals surface area contributed by atoms with Gasteiger partial charge in [0.15, 0.2) is 18.5 Å². The van der Waals surface area contributed by atoms with Crippen molar-refractivity contribution in [1.29, 1.82) is 0 Å². The molecule has 4 saturated heterocycles. The Bertz CT molecular complexity index is 1560. The Morgan fingerprint density at radius 1 is 0.932 bits per heavy atom. The third-order valence-electron chi connectivity index (χ3n) is 15.0. The van der Waals surface area contributed by atoms with Crippen LogP contribution in [0.25, 0.3) is 0 Å². The standard InChI is InChI=1S/C47H74O12/c1-13-25-53-43(51)34(14-2)36-18-17-27(5)41(56-36)31(9)39(49)30(8)40(50)35(15-3)42-28(6)26-29(7)46(57-42)22-20-38(55-33(11)48)47(59-46)24-23-44(12,58-47)37-19-21-45(52,16-4)32(10)54-37/h1,20,22,27-32,34-39,41-42,49,52H,14-19,21,23-26H2,2-12H3/t27-,28-,29+,30-,31-,32-,34+,35-,36+,37+,38+,39+,41+,42-,44-,45+,46-,47-/m0/s1. The van der Waals surface area contributed by atoms with Crippen LogP contribution in [0.4, 0.5) is 0 Å². The number of carbonyl (C=O) groups excluding carboxylic acids is 3. The molecule has 2 N–H and O–H groups in total. The van der Waals surface area contributed by atoms with E-state index in [1.807, 2.05) is 53.7 Å². The van der Waals surface area contributed by atoms with Crippen molar-refractivity contribution in [3.63, 3.8) is 0 Å². The molecule has 0 saturated carbocycles. The maximum atomic E-state index is 14.6. The molecule has 5 aliphatic rings. The van der Waals surface area contributed by atoms with Gasteiger partial charge in [0.05, 0.1) is 53.7 Å². The third-order valence-corrected chi connectivity index (χ3v) is 15.0. The first-order chi connectivity index (χ1) is 27.7. The second-order valence-electron chi connectivity index (χ2n) is 19.0. The van der Waals surface area contributed by atoms with Crippen molar-refractivity contribution in [1.82, 2.24) is 0 Å². The SMILES string of the molecule is C#CCOC(=O)[C@H](CC)[C@H]1CC[C@H](C)[C@H]([C@@H](C)[C@H](O)[C@H](C)C(=O)[C@H](CC)[C@H]2O[C@]3(C=C[C@@H](OC(C)=O)[C@]4(CC[C@@](C)([C@H]5CC[C@](O)(CC)[C@H](C)O5)O4)O3)[C@H](C)C[C@@H]2C)O1. The van der Waals surface area contributed by atoms with E-state index in [-0.39, 0.29) is 60.5 Å². The van der Waals surface area contributed by atoms with E-state index in [4.69, 9.17) is 39.6 Å². The van der Waals surface area contributed by atoms with Gasteiger partial charge in [-0.1, -0.05) is 61.3 Å². The second kappa shape index (κ2) is 18.9. The van der Waals surface area contributed by atoms with Crippen molar-refractivity contribution < 1.29 is 57.8 Å². The van der Waals surface area contributed by atoms with Gasteiger partial charge in [0.25, 0.3) is 0 Å². The Balaban J connectivity index is 1.34. The van der Waals surface area contributed by atoms with Gasteiger partial charge in [-0.05, 0) is 95.6 Å². The Hall–Kier alpha value is -2.37. The molecule has 0 aliphatic carbocycles. The number of Topliss-reactive ketones (excluding diaryl/α,β-unsaturated/α-hetero) is 1. The highest BCUT2D eigenvalue weighted by molar-refractivity contribution is 5.84. The quantitative estimate of drug-likeness (QED) is 0.107. The van der Waals surface area contributed by atoms with Gasteiger partial charge in [-0.25, -0.2) is 0 Å². The van der Waals surface area contributed by atoms with E-state index in [0.29, 0.717) is 57.8 Å². The number of carbonyl (C=O) groups is 3. The number of esters is 2. The molecule has 0 radical (unpaired) electrons. The second-order valence-corrected chi connectivity index (χ2v) is 19.0. The first-order valence-corrected chi connectivity index (χ1v) is 22.5. The number of aliphatic hydroxyl groups is 2. The van der Waals surface area contributed by atoms with Crippen LogP contribution in [0.3, 0.4) is 0 Å². The van der Waals surface area contributed by atoms with Crippen molar-refractivity contribution in [2.45, 2.75) is 206 Å². The van der Waals surface area contributed by atoms with E-state index in [0.717, 1.165) is 6.42 Å². The molecule has 18 atom stereocenters. The molecular formula is C47H74O12. The predicted octanol–water partition coefficient (Wildman–Crippen LogP) is 6.85. The van der Waals surface area contributed by atoms with Gasteiger partial charge in [0.1, 0.15) is 5.78 Å². The van der Waals surface area contributed by atoms with Crippen molar-refractivity contribution in [2.75, 3.05) is 6.61 Å². The van der Waals surface area contributed by atoms with Gasteiger partial charge in [-0.3, -0.25) is 14.4 Å².